The van der Waals surface area contributed by atoms with E-state index < -0.39 is 17.5 Å². The van der Waals surface area contributed by atoms with Crippen molar-refractivity contribution in [2.24, 2.45) is 15.9 Å². The first-order valence-electron chi connectivity index (χ1n) is 23.6. The van der Waals surface area contributed by atoms with Crippen LogP contribution in [0.4, 0.5) is 11.4 Å². The number of guanidine groups is 1. The third kappa shape index (κ3) is 9.76. The highest BCUT2D eigenvalue weighted by atomic mass is 79.9. The van der Waals surface area contributed by atoms with Gasteiger partial charge >= 0.3 is 0 Å². The second-order valence-corrected chi connectivity index (χ2v) is 19.7. The fourth-order valence-corrected chi connectivity index (χ4v) is 10.6. The fourth-order valence-electron chi connectivity index (χ4n) is 10.4. The van der Waals surface area contributed by atoms with E-state index in [-0.39, 0.29) is 67.6 Å². The molecule has 3 aromatic rings. The summed E-state index contributed by atoms with van der Waals surface area (Å²) in [6.45, 7) is 7.41. The molecule has 1 saturated carbocycles. The summed E-state index contributed by atoms with van der Waals surface area (Å²) >= 11 is 3.53. The van der Waals surface area contributed by atoms with Crippen LogP contribution in [-0.2, 0) is 38.8 Å². The topological polar surface area (TPSA) is 207 Å². The van der Waals surface area contributed by atoms with Crippen LogP contribution in [0.5, 0.6) is 5.75 Å². The Labute approximate surface area is 404 Å². The number of carbonyl (C=O) groups is 5. The Hall–Kier alpha value is -5.73. The molecule has 3 aromatic carbocycles. The average molecular weight is 994 g/mol. The van der Waals surface area contributed by atoms with Crippen molar-refractivity contribution < 1.29 is 28.7 Å². The molecule has 0 radical (unpaired) electrons. The van der Waals surface area contributed by atoms with E-state index in [1.54, 1.807) is 25.3 Å². The number of piperidine rings is 2. The van der Waals surface area contributed by atoms with Crippen molar-refractivity contribution in [3.05, 3.63) is 92.6 Å². The molecule has 68 heavy (non-hydrogen) atoms. The zero-order chi connectivity index (χ0) is 47.7. The predicted molar refractivity (Wildman–Crippen MR) is 261 cm³/mol. The molecule has 4 fully saturated rings. The smallest absolute Gasteiger partial charge is 0.255 e. The van der Waals surface area contributed by atoms with Crippen molar-refractivity contribution in [1.29, 1.82) is 0 Å². The minimum atomic E-state index is -0.717. The SMILES string of the molecule is COc1cc(CN([O-])C2CCN(CCNCCCC(=O)Nc3cccc4c3CN(C3CCC(=O)NC3=O)C4=O)CC2)ccc1NC1=NCC2C(=N1)N(Cc1ccc(Br)cc1)C1(CC1C)C(=O)N2C. The van der Waals surface area contributed by atoms with Crippen LogP contribution in [0.15, 0.2) is 75.1 Å². The van der Waals surface area contributed by atoms with Crippen LogP contribution in [0.2, 0.25) is 0 Å². The number of imide groups is 1. The molecule has 9 rings (SSSR count). The number of nitrogens with zero attached hydrogens (tertiary/aromatic N) is 7. The largest absolute Gasteiger partial charge is 0.785 e. The first kappa shape index (κ1) is 47.3. The third-order valence-corrected chi connectivity index (χ3v) is 14.9. The Morgan fingerprint density at radius 2 is 1.76 bits per heavy atom. The molecule has 1 spiro atoms. The number of hydrogen-bond donors (Lipinski definition) is 4. The second kappa shape index (κ2) is 20.1. The Morgan fingerprint density at radius 1 is 1.00 bits per heavy atom. The highest BCUT2D eigenvalue weighted by Crippen LogP contribution is 2.53. The number of nitrogens with one attached hydrogen (secondary N) is 4. The molecule has 5 amide bonds. The Morgan fingerprint density at radius 3 is 2.50 bits per heavy atom. The maximum Gasteiger partial charge on any atom is 0.255 e. The van der Waals surface area contributed by atoms with Crippen LogP contribution >= 0.6 is 15.9 Å². The lowest BCUT2D eigenvalue weighted by atomic mass is 9.99. The summed E-state index contributed by atoms with van der Waals surface area (Å²) in [6, 6.07) is 18.0. The number of hydroxylamine groups is 2. The molecule has 3 saturated heterocycles. The lowest BCUT2D eigenvalue weighted by Gasteiger charge is -2.47. The number of carbonyl (C=O) groups excluding carboxylic acids is 5. The number of amidine groups is 1. The second-order valence-electron chi connectivity index (χ2n) is 18.7. The number of piperazine rings is 1. The monoisotopic (exact) mass is 992 g/mol. The van der Waals surface area contributed by atoms with Gasteiger partial charge in [0.15, 0.2) is 0 Å². The van der Waals surface area contributed by atoms with Crippen LogP contribution in [0.25, 0.3) is 0 Å². The standard InChI is InChI=1S/C49H59BrN11O7/c1-30-25-49(30)47(66)57(2)40-26-52-48(56-44(40)60(49)27-31-9-12-33(50)13-10-31)54-38-14-11-32(24-41(38)68-3)28-61(67)34-17-21-58(22-18-34)23-20-51-19-5-8-42(62)53-37-7-4-6-35-36(37)29-59(46(35)65)39-15-16-43(63)55-45(39)64/h4,6-7,9-14,24,30,34,39-40,51H,5,8,15-23,25-29H2,1-3H3,(H,52,54)(H,53,62)(H,55,63,64)/q-1. The zero-order valence-electron chi connectivity index (χ0n) is 38.8. The summed E-state index contributed by atoms with van der Waals surface area (Å²) in [5, 5.41) is 26.7. The van der Waals surface area contributed by atoms with Gasteiger partial charge in [0.05, 0.1) is 19.3 Å². The van der Waals surface area contributed by atoms with Crippen LogP contribution in [0, 0.1) is 11.1 Å². The molecular weight excluding hydrogens is 935 g/mol. The molecule has 360 valence electrons. The quantitative estimate of drug-likeness (QED) is 0.0902. The maximum atomic E-state index is 13.8. The van der Waals surface area contributed by atoms with Crippen molar-refractivity contribution in [3.63, 3.8) is 0 Å². The highest BCUT2D eigenvalue weighted by Gasteiger charge is 2.67. The van der Waals surface area contributed by atoms with Gasteiger partial charge in [-0.1, -0.05) is 47.1 Å². The molecule has 19 heteroatoms. The van der Waals surface area contributed by atoms with Gasteiger partial charge in [0.1, 0.15) is 29.2 Å². The van der Waals surface area contributed by atoms with Crippen molar-refractivity contribution in [2.45, 2.75) is 95.2 Å². The third-order valence-electron chi connectivity index (χ3n) is 14.4. The Kier molecular flexibility index (Phi) is 14.0. The lowest BCUT2D eigenvalue weighted by Crippen LogP contribution is -2.67. The molecule has 18 nitrogen and oxygen atoms in total. The number of fused-ring (bicyclic) bond motifs is 2. The van der Waals surface area contributed by atoms with Crippen molar-refractivity contribution >= 4 is 68.6 Å². The number of rotatable bonds is 16. The fraction of sp³-hybridized carbons (Fsp3) is 0.490. The average Bonchev–Trinajstić information content (AvgIpc) is 3.89. The number of likely N-dealkylation sites (tertiary alicyclic amines) is 1. The molecule has 0 aromatic heterocycles. The number of methoxy groups -OCH3 is 1. The Balaban J connectivity index is 0.702. The van der Waals surface area contributed by atoms with Gasteiger partial charge in [0.25, 0.3) is 5.91 Å². The summed E-state index contributed by atoms with van der Waals surface area (Å²) in [4.78, 5) is 81.6. The van der Waals surface area contributed by atoms with Crippen molar-refractivity contribution in [3.8, 4) is 5.75 Å². The van der Waals surface area contributed by atoms with Gasteiger partial charge in [-0.05, 0) is 105 Å². The number of halogens is 1. The number of amides is 5. The van der Waals surface area contributed by atoms with Crippen LogP contribution < -0.4 is 26.0 Å². The molecular formula is C49H59BrN11O7-. The minimum absolute atomic E-state index is 0.0929. The van der Waals surface area contributed by atoms with E-state index in [4.69, 9.17) is 14.7 Å². The van der Waals surface area contributed by atoms with Gasteiger partial charge in [0, 0.05) is 79.9 Å². The summed E-state index contributed by atoms with van der Waals surface area (Å²) in [7, 11) is 3.46. The van der Waals surface area contributed by atoms with E-state index in [2.05, 4.69) is 66.1 Å². The van der Waals surface area contributed by atoms with Crippen LogP contribution in [0.1, 0.15) is 78.9 Å². The molecule has 6 aliphatic rings. The minimum Gasteiger partial charge on any atom is -0.785 e. The van der Waals surface area contributed by atoms with E-state index in [1.807, 2.05) is 42.3 Å². The summed E-state index contributed by atoms with van der Waals surface area (Å²) < 4.78 is 6.80. The number of benzene rings is 3. The maximum absolute atomic E-state index is 13.8. The number of ether oxygens (including phenoxy) is 1. The lowest BCUT2D eigenvalue weighted by molar-refractivity contribution is -0.140. The van der Waals surface area contributed by atoms with E-state index >= 15 is 0 Å². The van der Waals surface area contributed by atoms with Crippen molar-refractivity contribution in [1.82, 2.24) is 35.3 Å². The predicted octanol–water partition coefficient (Wildman–Crippen LogP) is 4.29. The number of likely N-dealkylation sites (N-methyl/N-ethyl adjacent to an activating group) is 1. The first-order chi connectivity index (χ1) is 32.8. The van der Waals surface area contributed by atoms with Crippen LogP contribution in [0.3, 0.4) is 0 Å². The molecule has 4 N–H and O–H groups in total. The van der Waals surface area contributed by atoms with E-state index in [1.165, 1.54) is 9.96 Å². The highest BCUT2D eigenvalue weighted by molar-refractivity contribution is 9.10. The van der Waals surface area contributed by atoms with E-state index in [0.717, 1.165) is 66.9 Å². The molecule has 4 unspecified atom stereocenters. The molecule has 1 aliphatic carbocycles. The van der Waals surface area contributed by atoms with Crippen molar-refractivity contribution in [2.75, 3.05) is 64.1 Å². The summed E-state index contributed by atoms with van der Waals surface area (Å²) in [5.41, 5.74) is 3.70. The summed E-state index contributed by atoms with van der Waals surface area (Å²) in [6.07, 6.45) is 3.70. The van der Waals surface area contributed by atoms with Gasteiger partial charge in [0.2, 0.25) is 29.6 Å². The normalized spacial score (nSPS) is 23.9. The number of aliphatic imine (C=N–C) groups is 2. The van der Waals surface area contributed by atoms with E-state index in [9.17, 15) is 29.2 Å². The molecule has 4 atom stereocenters. The van der Waals surface area contributed by atoms with E-state index in [0.29, 0.717) is 66.7 Å². The number of hydrogen-bond acceptors (Lipinski definition) is 14. The molecule has 5 aliphatic heterocycles. The van der Waals surface area contributed by atoms with Gasteiger partial charge in [-0.3, -0.25) is 29.3 Å². The summed E-state index contributed by atoms with van der Waals surface area (Å²) in [5.74, 6) is 0.932. The molecule has 5 heterocycles. The van der Waals surface area contributed by atoms with Gasteiger partial charge in [-0.25, -0.2) is 4.99 Å². The number of anilines is 2. The van der Waals surface area contributed by atoms with Gasteiger partial charge in [-0.2, -0.15) is 4.99 Å². The zero-order valence-corrected chi connectivity index (χ0v) is 40.3. The first-order valence-corrected chi connectivity index (χ1v) is 24.4. The molecule has 0 bridgehead atoms. The van der Waals surface area contributed by atoms with Gasteiger partial charge in [-0.15, -0.1) is 0 Å². The Bertz CT molecular complexity index is 2510. The van der Waals surface area contributed by atoms with Crippen LogP contribution in [-0.4, -0.2) is 143 Å². The van der Waals surface area contributed by atoms with Gasteiger partial charge < -0.3 is 50.6 Å².